The molecule has 4 heterocycles. The normalized spacial score (nSPS) is 14.5. The van der Waals surface area contributed by atoms with E-state index in [0.717, 1.165) is 6.42 Å². The Bertz CT molecular complexity index is 7450. The molecule has 23 rings (SSSR count). The first-order valence-electron chi connectivity index (χ1n) is 37.3. The average molecular weight is 1430 g/mol. The predicted octanol–water partition coefficient (Wildman–Crippen LogP) is 30.9. The molecule has 0 N–H and O–H groups in total. The first-order chi connectivity index (χ1) is 52.6. The van der Waals surface area contributed by atoms with Gasteiger partial charge in [-0.1, -0.05) is 294 Å². The highest BCUT2D eigenvalue weighted by Crippen LogP contribution is 2.59. The fourth-order valence-electron chi connectivity index (χ4n) is 20.0. The Morgan fingerprint density at radius 3 is 1.42 bits per heavy atom. The summed E-state index contributed by atoms with van der Waals surface area (Å²) < 4.78 is 9.29. The Labute approximate surface area is 635 Å². The van der Waals surface area contributed by atoms with Gasteiger partial charge in [0.1, 0.15) is 0 Å². The zero-order valence-electron chi connectivity index (χ0n) is 59.4. The van der Waals surface area contributed by atoms with Crippen LogP contribution in [0.5, 0.6) is 0 Å². The molecule has 2 aliphatic carbocycles. The van der Waals surface area contributed by atoms with Gasteiger partial charge in [-0.3, -0.25) is 0 Å². The first kappa shape index (κ1) is 61.7. The van der Waals surface area contributed by atoms with Crippen LogP contribution < -0.4 is 0 Å². The third-order valence-corrected chi connectivity index (χ3v) is 29.3. The molecular formula is C103H66S4. The van der Waals surface area contributed by atoms with E-state index in [-0.39, 0.29) is 10.8 Å². The van der Waals surface area contributed by atoms with Crippen molar-refractivity contribution in [2.45, 2.75) is 44.9 Å². The second-order valence-corrected chi connectivity index (χ2v) is 34.8. The summed E-state index contributed by atoms with van der Waals surface area (Å²) >= 11 is 7.68. The van der Waals surface area contributed by atoms with Crippen molar-refractivity contribution < 1.29 is 0 Å². The van der Waals surface area contributed by atoms with Gasteiger partial charge in [0, 0.05) is 97.3 Å². The quantitative estimate of drug-likeness (QED) is 0.133. The molecule has 1 unspecified atom stereocenters. The van der Waals surface area contributed by atoms with Gasteiger partial charge in [-0.15, -0.1) is 45.3 Å². The lowest BCUT2D eigenvalue weighted by atomic mass is 9.74. The van der Waals surface area contributed by atoms with E-state index < -0.39 is 0 Å². The van der Waals surface area contributed by atoms with Gasteiger partial charge in [0.15, 0.2) is 0 Å². The molecule has 0 bridgehead atoms. The van der Waals surface area contributed by atoms with Gasteiger partial charge in [0.2, 0.25) is 0 Å². The van der Waals surface area contributed by atoms with Crippen LogP contribution in [0.4, 0.5) is 0 Å². The number of rotatable bonds is 8. The van der Waals surface area contributed by atoms with E-state index in [4.69, 9.17) is 0 Å². The molecule has 0 saturated carbocycles. The number of hydrogen-bond donors (Lipinski definition) is 0. The van der Waals surface area contributed by atoms with Gasteiger partial charge in [-0.25, -0.2) is 0 Å². The minimum atomic E-state index is -0.368. The van der Waals surface area contributed by atoms with Crippen molar-refractivity contribution in [3.05, 3.63) is 342 Å². The predicted molar refractivity (Wildman–Crippen MR) is 470 cm³/mol. The average Bonchev–Trinajstić information content (AvgIpc) is 1.11. The summed E-state index contributed by atoms with van der Waals surface area (Å²) in [6.07, 6.45) is 2.95. The molecule has 0 aliphatic heterocycles. The van der Waals surface area contributed by atoms with Crippen molar-refractivity contribution in [2.24, 2.45) is 0 Å². The second-order valence-electron chi connectivity index (χ2n) is 30.6. The SMILES string of the molecule is C=Cc1sc2cc(-c3c4ccccc4c(-c4ccc5c(c4)-c4ccccc4C5(C)C)c4ccccc34)ccc2c1-c1c(C)cc(CC2(C)c3ccccc3-c3c(-c4c5ccccc5c(-c5ccc6c(c5)sc5ccc7ccc8c9ccccc9sc8c7c56)c5ccccc45)cccc32)c2sc3ccccc3c12. The van der Waals surface area contributed by atoms with Crippen LogP contribution in [0, 0.1) is 6.92 Å². The standard InChI is InChI=1S/C103H66S4/c1-6-84-97(76-48-43-60(54-88(76)104-84)92-67-28-9-7-26-65(67)91(66-27-8-10-29-68(66)92)59-45-50-81-79(53-59)63-24-15-19-37-80(63)102(81,3)4)90-57(2)52-62(100-99(90)75-35-18-22-41-86(75)106-100)56-103(5)82-38-20-16-34-74(82)96-78(36-23-39-83(96)103)95-71-32-13-11-30-69(71)93(70-31-12-14-33-72(70)95)61-44-49-77-89(55-61)105-87-51-46-58-42-47-73-64-25-17-21-40-85(64)107-101(73)94(58)98(77)87/h6-55H,1,56H2,2-5H3. The highest BCUT2D eigenvalue weighted by atomic mass is 32.1. The topological polar surface area (TPSA) is 0 Å². The minimum Gasteiger partial charge on any atom is -0.135 e. The highest BCUT2D eigenvalue weighted by molar-refractivity contribution is 7.28. The van der Waals surface area contributed by atoms with Crippen molar-refractivity contribution >= 4 is 176 Å². The van der Waals surface area contributed by atoms with Crippen molar-refractivity contribution in [2.75, 3.05) is 0 Å². The van der Waals surface area contributed by atoms with Gasteiger partial charge in [-0.05, 0) is 204 Å². The fraction of sp³-hybridized carbons (Fsp3) is 0.0680. The Morgan fingerprint density at radius 1 is 0.290 bits per heavy atom. The molecule has 17 aromatic carbocycles. The third-order valence-electron chi connectivity index (χ3n) is 24.6. The van der Waals surface area contributed by atoms with Crippen LogP contribution in [0.2, 0.25) is 0 Å². The first-order valence-corrected chi connectivity index (χ1v) is 40.5. The second kappa shape index (κ2) is 22.7. The number of fused-ring (bicyclic) bond motifs is 23. The molecule has 2 aliphatic rings. The summed E-state index contributed by atoms with van der Waals surface area (Å²) in [6, 6.07) is 114. The monoisotopic (exact) mass is 1430 g/mol. The lowest BCUT2D eigenvalue weighted by molar-refractivity contribution is 0.585. The molecule has 0 saturated heterocycles. The Hall–Kier alpha value is -11.6. The van der Waals surface area contributed by atoms with E-state index in [2.05, 4.69) is 338 Å². The number of benzene rings is 17. The summed E-state index contributed by atoms with van der Waals surface area (Å²) in [5.74, 6) is 0. The molecule has 4 heteroatoms. The Kier molecular flexibility index (Phi) is 13.1. The van der Waals surface area contributed by atoms with Crippen LogP contribution >= 0.6 is 45.3 Å². The molecule has 0 fully saturated rings. The summed E-state index contributed by atoms with van der Waals surface area (Å²) in [7, 11) is 0. The van der Waals surface area contributed by atoms with E-state index in [0.29, 0.717) is 0 Å². The van der Waals surface area contributed by atoms with Crippen LogP contribution in [0.15, 0.2) is 304 Å². The fourth-order valence-corrected chi connectivity index (χ4v) is 24.8. The molecule has 0 spiro atoms. The van der Waals surface area contributed by atoms with E-state index in [1.807, 2.05) is 45.3 Å². The molecule has 502 valence electrons. The highest BCUT2D eigenvalue weighted by Gasteiger charge is 2.42. The van der Waals surface area contributed by atoms with Crippen molar-refractivity contribution in [3.63, 3.8) is 0 Å². The van der Waals surface area contributed by atoms with E-state index >= 15 is 0 Å². The van der Waals surface area contributed by atoms with Crippen molar-refractivity contribution in [3.8, 4) is 77.9 Å². The number of aryl methyl sites for hydroxylation is 1. The molecule has 0 nitrogen and oxygen atoms in total. The molecule has 107 heavy (non-hydrogen) atoms. The van der Waals surface area contributed by atoms with Crippen LogP contribution in [0.25, 0.3) is 208 Å². The summed E-state index contributed by atoms with van der Waals surface area (Å²) in [5.41, 5.74) is 25.8. The minimum absolute atomic E-state index is 0.0614. The van der Waals surface area contributed by atoms with Gasteiger partial charge < -0.3 is 0 Å². The van der Waals surface area contributed by atoms with Crippen LogP contribution in [-0.4, -0.2) is 0 Å². The smallest absolute Gasteiger partial charge is 0.0440 e. The summed E-state index contributed by atoms with van der Waals surface area (Å²) in [4.78, 5) is 1.20. The van der Waals surface area contributed by atoms with Crippen molar-refractivity contribution in [1.82, 2.24) is 0 Å². The number of thiophene rings is 4. The van der Waals surface area contributed by atoms with Gasteiger partial charge >= 0.3 is 0 Å². The largest absolute Gasteiger partial charge is 0.135 e. The molecule has 0 radical (unpaired) electrons. The zero-order chi connectivity index (χ0) is 70.9. The van der Waals surface area contributed by atoms with Gasteiger partial charge in [0.25, 0.3) is 0 Å². The maximum Gasteiger partial charge on any atom is 0.0440 e. The van der Waals surface area contributed by atoms with E-state index in [1.54, 1.807) is 0 Å². The van der Waals surface area contributed by atoms with Crippen LogP contribution in [0.3, 0.4) is 0 Å². The Morgan fingerprint density at radius 2 is 0.766 bits per heavy atom. The summed E-state index contributed by atoms with van der Waals surface area (Å²) in [5, 5.41) is 22.1. The van der Waals surface area contributed by atoms with Gasteiger partial charge in [0.05, 0.1) is 0 Å². The molecule has 4 aromatic heterocycles. The maximum absolute atomic E-state index is 4.58. The molecule has 1 atom stereocenters. The maximum atomic E-state index is 4.58. The van der Waals surface area contributed by atoms with Crippen molar-refractivity contribution in [1.29, 1.82) is 0 Å². The van der Waals surface area contributed by atoms with E-state index in [9.17, 15) is 0 Å². The lowest BCUT2D eigenvalue weighted by Gasteiger charge is -2.29. The molecular weight excluding hydrogens is 1370 g/mol. The van der Waals surface area contributed by atoms with Gasteiger partial charge in [-0.2, -0.15) is 0 Å². The van der Waals surface area contributed by atoms with Crippen LogP contribution in [0.1, 0.15) is 59.0 Å². The summed E-state index contributed by atoms with van der Waals surface area (Å²) in [6.45, 7) is 14.2. The molecule has 21 aromatic rings. The third kappa shape index (κ3) is 8.58. The van der Waals surface area contributed by atoms with Crippen LogP contribution in [-0.2, 0) is 17.3 Å². The Balaban J connectivity index is 0.654. The number of hydrogen-bond acceptors (Lipinski definition) is 4. The van der Waals surface area contributed by atoms with E-state index in [1.165, 1.54) is 241 Å². The molecule has 0 amide bonds. The lowest BCUT2D eigenvalue weighted by Crippen LogP contribution is -2.24. The zero-order valence-corrected chi connectivity index (χ0v) is 62.7.